The van der Waals surface area contributed by atoms with Gasteiger partial charge in [-0.1, -0.05) is 6.08 Å². The summed E-state index contributed by atoms with van der Waals surface area (Å²) in [5.74, 6) is 0. The molecule has 0 aliphatic heterocycles. The van der Waals surface area contributed by atoms with E-state index in [1.54, 1.807) is 0 Å². The van der Waals surface area contributed by atoms with E-state index >= 15 is 0 Å². The SMILES string of the molecule is C=CCC(O)CCOS(=O)(=O)[O-].[Na+]. The molecule has 1 N–H and O–H groups in total. The van der Waals surface area contributed by atoms with E-state index in [0.29, 0.717) is 6.42 Å². The van der Waals surface area contributed by atoms with Crippen molar-refractivity contribution >= 4 is 10.4 Å². The second-order valence-corrected chi connectivity index (χ2v) is 3.25. The van der Waals surface area contributed by atoms with E-state index in [2.05, 4.69) is 10.8 Å². The fraction of sp³-hybridized carbons (Fsp3) is 0.667. The van der Waals surface area contributed by atoms with Crippen molar-refractivity contribution in [3.8, 4) is 0 Å². The van der Waals surface area contributed by atoms with E-state index in [9.17, 15) is 13.0 Å². The summed E-state index contributed by atoms with van der Waals surface area (Å²) in [4.78, 5) is 0. The topological polar surface area (TPSA) is 86.7 Å². The molecule has 0 saturated heterocycles. The molecular formula is C6H11NaO5S. The van der Waals surface area contributed by atoms with Crippen LogP contribution >= 0.6 is 0 Å². The molecule has 0 aromatic rings. The Balaban J connectivity index is 0. The van der Waals surface area contributed by atoms with Gasteiger partial charge in [-0.3, -0.25) is 4.18 Å². The van der Waals surface area contributed by atoms with Crippen LogP contribution in [0.5, 0.6) is 0 Å². The molecule has 0 rings (SSSR count). The summed E-state index contributed by atoms with van der Waals surface area (Å²) < 4.78 is 33.5. The zero-order valence-corrected chi connectivity index (χ0v) is 10.3. The van der Waals surface area contributed by atoms with E-state index in [-0.39, 0.29) is 42.6 Å². The molecule has 0 amide bonds. The van der Waals surface area contributed by atoms with Crippen LogP contribution in [0.2, 0.25) is 0 Å². The largest absolute Gasteiger partial charge is 1.00 e. The Morgan fingerprint density at radius 2 is 2.15 bits per heavy atom. The Bertz CT molecular complexity index is 225. The molecule has 0 bridgehead atoms. The van der Waals surface area contributed by atoms with Crippen LogP contribution in [-0.4, -0.2) is 30.8 Å². The monoisotopic (exact) mass is 218 g/mol. The van der Waals surface area contributed by atoms with Gasteiger partial charge in [0.05, 0.1) is 12.7 Å². The van der Waals surface area contributed by atoms with E-state index in [1.165, 1.54) is 6.08 Å². The molecule has 1 atom stereocenters. The van der Waals surface area contributed by atoms with Crippen LogP contribution in [0.3, 0.4) is 0 Å². The van der Waals surface area contributed by atoms with E-state index in [4.69, 9.17) is 5.11 Å². The van der Waals surface area contributed by atoms with Crippen LogP contribution in [0.25, 0.3) is 0 Å². The van der Waals surface area contributed by atoms with Crippen LogP contribution < -0.4 is 29.6 Å². The first kappa shape index (κ1) is 16.0. The average molecular weight is 218 g/mol. The number of aliphatic hydroxyl groups excluding tert-OH is 1. The maximum Gasteiger partial charge on any atom is 1.00 e. The van der Waals surface area contributed by atoms with Crippen LogP contribution in [0.4, 0.5) is 0 Å². The Morgan fingerprint density at radius 1 is 1.62 bits per heavy atom. The summed E-state index contributed by atoms with van der Waals surface area (Å²) in [6, 6.07) is 0. The zero-order valence-electron chi connectivity index (χ0n) is 7.47. The predicted octanol–water partition coefficient (Wildman–Crippen LogP) is -3.21. The Hall–Kier alpha value is 0.570. The number of hydrogen-bond acceptors (Lipinski definition) is 5. The molecular weight excluding hydrogens is 207 g/mol. The fourth-order valence-electron chi connectivity index (χ4n) is 0.596. The van der Waals surface area contributed by atoms with Crippen molar-refractivity contribution in [1.82, 2.24) is 0 Å². The third-order valence-electron chi connectivity index (χ3n) is 1.12. The first-order chi connectivity index (χ1) is 5.45. The van der Waals surface area contributed by atoms with Gasteiger partial charge in [-0.2, -0.15) is 0 Å². The molecule has 5 nitrogen and oxygen atoms in total. The second kappa shape index (κ2) is 7.93. The molecule has 0 aromatic carbocycles. The summed E-state index contributed by atoms with van der Waals surface area (Å²) in [6.07, 6.45) is 1.25. The first-order valence-electron chi connectivity index (χ1n) is 3.35. The minimum Gasteiger partial charge on any atom is -0.726 e. The summed E-state index contributed by atoms with van der Waals surface area (Å²) in [6.45, 7) is 3.09. The maximum atomic E-state index is 9.89. The second-order valence-electron chi connectivity index (χ2n) is 2.20. The Kier molecular flexibility index (Phi) is 9.77. The standard InChI is InChI=1S/C6H12O5S.Na/c1-2-3-6(7)4-5-11-12(8,9)10;/h2,6-7H,1,3-5H2,(H,8,9,10);/q;+1/p-1. The van der Waals surface area contributed by atoms with Gasteiger partial charge in [0.15, 0.2) is 0 Å². The third-order valence-corrected chi connectivity index (χ3v) is 1.57. The molecule has 13 heavy (non-hydrogen) atoms. The van der Waals surface area contributed by atoms with Crippen molar-refractivity contribution in [1.29, 1.82) is 0 Å². The zero-order chi connectivity index (χ0) is 9.61. The van der Waals surface area contributed by atoms with Crippen molar-refractivity contribution in [3.05, 3.63) is 12.7 Å². The number of aliphatic hydroxyl groups is 1. The van der Waals surface area contributed by atoms with Gasteiger partial charge in [-0.05, 0) is 12.8 Å². The van der Waals surface area contributed by atoms with Gasteiger partial charge < -0.3 is 9.66 Å². The van der Waals surface area contributed by atoms with Crippen molar-refractivity contribution in [2.45, 2.75) is 18.9 Å². The maximum absolute atomic E-state index is 9.89. The van der Waals surface area contributed by atoms with Gasteiger partial charge >= 0.3 is 29.6 Å². The van der Waals surface area contributed by atoms with Gasteiger partial charge in [0.25, 0.3) is 0 Å². The average Bonchev–Trinajstić information content (AvgIpc) is 1.84. The van der Waals surface area contributed by atoms with Gasteiger partial charge in [0.1, 0.15) is 0 Å². The van der Waals surface area contributed by atoms with Crippen molar-refractivity contribution in [3.63, 3.8) is 0 Å². The van der Waals surface area contributed by atoms with Crippen LogP contribution in [0.1, 0.15) is 12.8 Å². The summed E-state index contributed by atoms with van der Waals surface area (Å²) in [7, 11) is -4.62. The summed E-state index contributed by atoms with van der Waals surface area (Å²) in [5.41, 5.74) is 0. The Labute approximate surface area is 100 Å². The van der Waals surface area contributed by atoms with Crippen molar-refractivity contribution < 1.29 is 51.8 Å². The molecule has 0 saturated carbocycles. The van der Waals surface area contributed by atoms with E-state index in [0.717, 1.165) is 0 Å². The van der Waals surface area contributed by atoms with Crippen molar-refractivity contribution in [2.75, 3.05) is 6.61 Å². The van der Waals surface area contributed by atoms with Crippen LogP contribution in [0, 0.1) is 0 Å². The van der Waals surface area contributed by atoms with Gasteiger partial charge in [-0.15, -0.1) is 6.58 Å². The quantitative estimate of drug-likeness (QED) is 0.219. The van der Waals surface area contributed by atoms with E-state index in [1.807, 2.05) is 0 Å². The smallest absolute Gasteiger partial charge is 0.726 e. The molecule has 0 fully saturated rings. The molecule has 0 aliphatic carbocycles. The molecule has 72 valence electrons. The molecule has 0 heterocycles. The van der Waals surface area contributed by atoms with Crippen LogP contribution in [-0.2, 0) is 14.6 Å². The van der Waals surface area contributed by atoms with E-state index < -0.39 is 16.5 Å². The summed E-state index contributed by atoms with van der Waals surface area (Å²) >= 11 is 0. The first-order valence-corrected chi connectivity index (χ1v) is 4.68. The van der Waals surface area contributed by atoms with Gasteiger partial charge in [-0.25, -0.2) is 8.42 Å². The third kappa shape index (κ3) is 12.6. The van der Waals surface area contributed by atoms with Gasteiger partial charge in [0, 0.05) is 0 Å². The Morgan fingerprint density at radius 3 is 2.54 bits per heavy atom. The molecule has 0 aliphatic rings. The molecule has 1 unspecified atom stereocenters. The molecule has 7 heteroatoms. The summed E-state index contributed by atoms with van der Waals surface area (Å²) in [5, 5.41) is 9.00. The van der Waals surface area contributed by atoms with Gasteiger partial charge in [0.2, 0.25) is 10.4 Å². The van der Waals surface area contributed by atoms with Crippen LogP contribution in [0.15, 0.2) is 12.7 Å². The normalized spacial score (nSPS) is 13.1. The number of hydrogen-bond donors (Lipinski definition) is 1. The van der Waals surface area contributed by atoms with Crippen molar-refractivity contribution in [2.24, 2.45) is 0 Å². The number of rotatable bonds is 6. The molecule has 0 spiro atoms. The predicted molar refractivity (Wildman–Crippen MR) is 41.1 cm³/mol. The fourth-order valence-corrected chi connectivity index (χ4v) is 0.897. The minimum absolute atomic E-state index is 0. The minimum atomic E-state index is -4.62. The molecule has 0 aromatic heterocycles. The molecule has 0 radical (unpaired) electrons.